The van der Waals surface area contributed by atoms with E-state index >= 15 is 0 Å². The first-order valence-corrected chi connectivity index (χ1v) is 9.31. The molecule has 0 aliphatic carbocycles. The number of hydrogen-bond acceptors (Lipinski definition) is 6. The number of thiazole rings is 1. The molecular weight excluding hydrogens is 348 g/mol. The highest BCUT2D eigenvalue weighted by molar-refractivity contribution is 7.13. The number of likely N-dealkylation sites (N-methyl/N-ethyl adjacent to an activating group) is 1. The maximum atomic E-state index is 12.7. The third-order valence-electron chi connectivity index (χ3n) is 4.40. The quantitative estimate of drug-likeness (QED) is 0.764. The molecule has 0 radical (unpaired) electrons. The molecule has 134 valence electrons. The molecule has 0 fully saturated rings. The van der Waals surface area contributed by atoms with Gasteiger partial charge in [-0.15, -0.1) is 11.3 Å². The van der Waals surface area contributed by atoms with E-state index in [2.05, 4.69) is 32.1 Å². The predicted molar refractivity (Wildman–Crippen MR) is 99.8 cm³/mol. The van der Waals surface area contributed by atoms with Crippen LogP contribution in [0.5, 0.6) is 0 Å². The van der Waals surface area contributed by atoms with Crippen LogP contribution in [-0.2, 0) is 19.5 Å². The van der Waals surface area contributed by atoms with Crippen LogP contribution in [0.2, 0.25) is 0 Å². The van der Waals surface area contributed by atoms with Gasteiger partial charge in [0.25, 0.3) is 5.91 Å². The Balaban J connectivity index is 1.46. The second kappa shape index (κ2) is 6.97. The van der Waals surface area contributed by atoms with Gasteiger partial charge in [0.2, 0.25) is 0 Å². The molecule has 7 nitrogen and oxygen atoms in total. The van der Waals surface area contributed by atoms with Gasteiger partial charge in [-0.05, 0) is 7.05 Å². The lowest BCUT2D eigenvalue weighted by atomic mass is 10.2. The van der Waals surface area contributed by atoms with E-state index < -0.39 is 0 Å². The minimum Gasteiger partial charge on any atom is -0.332 e. The summed E-state index contributed by atoms with van der Waals surface area (Å²) in [7, 11) is 3.85. The Labute approximate surface area is 155 Å². The fourth-order valence-electron chi connectivity index (χ4n) is 2.96. The number of carbonyl (C=O) groups is 1. The molecule has 0 bridgehead atoms. The fourth-order valence-corrected chi connectivity index (χ4v) is 4.14. The van der Waals surface area contributed by atoms with Crippen LogP contribution in [-0.4, -0.2) is 56.5 Å². The molecule has 2 aromatic heterocycles. The van der Waals surface area contributed by atoms with Gasteiger partial charge in [0, 0.05) is 37.0 Å². The zero-order valence-corrected chi connectivity index (χ0v) is 15.6. The van der Waals surface area contributed by atoms with Crippen LogP contribution in [0.3, 0.4) is 0 Å². The standard InChI is InChI=1S/C18H20N6OS/c1-23-9-8-13-14(10-23)26-17(19-13)18(25)24(2)11-15-20-16(22-21-15)12-6-4-3-5-7-12/h3-7H,8-11H2,1-2H3,(H,20,21,22). The molecule has 1 N–H and O–H groups in total. The molecule has 1 aromatic carbocycles. The van der Waals surface area contributed by atoms with Crippen molar-refractivity contribution in [2.45, 2.75) is 19.5 Å². The summed E-state index contributed by atoms with van der Waals surface area (Å²) < 4.78 is 0. The summed E-state index contributed by atoms with van der Waals surface area (Å²) >= 11 is 1.50. The van der Waals surface area contributed by atoms with Gasteiger partial charge in [0.1, 0.15) is 5.82 Å². The van der Waals surface area contributed by atoms with Crippen molar-refractivity contribution < 1.29 is 4.79 Å². The smallest absolute Gasteiger partial charge is 0.282 e. The van der Waals surface area contributed by atoms with Crippen LogP contribution in [0, 0.1) is 0 Å². The van der Waals surface area contributed by atoms with E-state index in [1.807, 2.05) is 30.3 Å². The van der Waals surface area contributed by atoms with E-state index in [0.717, 1.165) is 30.8 Å². The highest BCUT2D eigenvalue weighted by Crippen LogP contribution is 2.25. The number of aromatic nitrogens is 4. The van der Waals surface area contributed by atoms with Gasteiger partial charge in [-0.25, -0.2) is 9.97 Å². The van der Waals surface area contributed by atoms with Crippen LogP contribution in [0.15, 0.2) is 30.3 Å². The van der Waals surface area contributed by atoms with Crippen LogP contribution >= 0.6 is 11.3 Å². The van der Waals surface area contributed by atoms with E-state index in [1.54, 1.807) is 11.9 Å². The van der Waals surface area contributed by atoms with E-state index in [-0.39, 0.29) is 5.91 Å². The van der Waals surface area contributed by atoms with Crippen molar-refractivity contribution in [2.75, 3.05) is 20.6 Å². The van der Waals surface area contributed by atoms with Gasteiger partial charge in [0.15, 0.2) is 10.8 Å². The van der Waals surface area contributed by atoms with Crippen molar-refractivity contribution in [2.24, 2.45) is 0 Å². The summed E-state index contributed by atoms with van der Waals surface area (Å²) in [5, 5.41) is 7.71. The molecule has 26 heavy (non-hydrogen) atoms. The Kier molecular flexibility index (Phi) is 4.52. The summed E-state index contributed by atoms with van der Waals surface area (Å²) in [6.07, 6.45) is 0.905. The number of carbonyl (C=O) groups excluding carboxylic acids is 1. The SMILES string of the molecule is CN1CCc2nc(C(=O)N(C)Cc3nc(-c4ccccc4)n[nH]3)sc2C1. The first-order valence-electron chi connectivity index (χ1n) is 8.49. The topological polar surface area (TPSA) is 78.0 Å². The van der Waals surface area contributed by atoms with E-state index in [4.69, 9.17) is 0 Å². The van der Waals surface area contributed by atoms with Gasteiger partial charge in [-0.2, -0.15) is 5.10 Å². The van der Waals surface area contributed by atoms with E-state index in [0.29, 0.717) is 23.2 Å². The maximum absolute atomic E-state index is 12.7. The lowest BCUT2D eigenvalue weighted by Crippen LogP contribution is -2.27. The van der Waals surface area contributed by atoms with Crippen molar-refractivity contribution in [3.8, 4) is 11.4 Å². The average Bonchev–Trinajstić information content (AvgIpc) is 3.28. The molecule has 1 aliphatic heterocycles. The molecule has 0 saturated carbocycles. The monoisotopic (exact) mass is 368 g/mol. The zero-order valence-electron chi connectivity index (χ0n) is 14.8. The zero-order chi connectivity index (χ0) is 18.1. The van der Waals surface area contributed by atoms with Crippen molar-refractivity contribution in [1.82, 2.24) is 30.0 Å². The van der Waals surface area contributed by atoms with Crippen LogP contribution in [0.4, 0.5) is 0 Å². The molecule has 1 aliphatic rings. The summed E-state index contributed by atoms with van der Waals surface area (Å²) in [6.45, 7) is 2.22. The summed E-state index contributed by atoms with van der Waals surface area (Å²) in [6, 6.07) is 9.76. The normalized spacial score (nSPS) is 14.2. The van der Waals surface area contributed by atoms with Crippen molar-refractivity contribution in [3.63, 3.8) is 0 Å². The Hall–Kier alpha value is -2.58. The third kappa shape index (κ3) is 3.38. The maximum Gasteiger partial charge on any atom is 0.282 e. The predicted octanol–water partition coefficient (Wildman–Crippen LogP) is 2.19. The van der Waals surface area contributed by atoms with Gasteiger partial charge < -0.3 is 9.80 Å². The highest BCUT2D eigenvalue weighted by atomic mass is 32.1. The number of hydrogen-bond donors (Lipinski definition) is 1. The molecule has 3 aromatic rings. The molecule has 0 spiro atoms. The van der Waals surface area contributed by atoms with Crippen molar-refractivity contribution >= 4 is 17.2 Å². The molecular formula is C18H20N6OS. The second-order valence-corrected chi connectivity index (χ2v) is 7.59. The van der Waals surface area contributed by atoms with Gasteiger partial charge in [-0.3, -0.25) is 9.89 Å². The number of rotatable bonds is 4. The number of benzene rings is 1. The molecule has 0 unspecified atom stereocenters. The number of amides is 1. The molecule has 4 rings (SSSR count). The minimum atomic E-state index is -0.0790. The number of H-pyrrole nitrogens is 1. The van der Waals surface area contributed by atoms with Gasteiger partial charge in [0.05, 0.1) is 12.2 Å². The van der Waals surface area contributed by atoms with E-state index in [1.165, 1.54) is 16.2 Å². The molecule has 3 heterocycles. The highest BCUT2D eigenvalue weighted by Gasteiger charge is 2.23. The Morgan fingerprint density at radius 1 is 1.31 bits per heavy atom. The number of nitrogens with one attached hydrogen (secondary N) is 1. The third-order valence-corrected chi connectivity index (χ3v) is 5.47. The number of nitrogens with zero attached hydrogens (tertiary/aromatic N) is 5. The Morgan fingerprint density at radius 3 is 2.92 bits per heavy atom. The van der Waals surface area contributed by atoms with Crippen molar-refractivity contribution in [1.29, 1.82) is 0 Å². The Morgan fingerprint density at radius 2 is 2.12 bits per heavy atom. The first kappa shape index (κ1) is 16.9. The summed E-state index contributed by atoms with van der Waals surface area (Å²) in [5.74, 6) is 1.21. The first-order chi connectivity index (χ1) is 12.6. The lowest BCUT2D eigenvalue weighted by molar-refractivity contribution is 0.0781. The number of aromatic amines is 1. The average molecular weight is 368 g/mol. The molecule has 0 atom stereocenters. The van der Waals surface area contributed by atoms with Crippen LogP contribution < -0.4 is 0 Å². The lowest BCUT2D eigenvalue weighted by Gasteiger charge is -2.20. The number of fused-ring (bicyclic) bond motifs is 1. The minimum absolute atomic E-state index is 0.0790. The summed E-state index contributed by atoms with van der Waals surface area (Å²) in [4.78, 5) is 26.8. The largest absolute Gasteiger partial charge is 0.332 e. The van der Waals surface area contributed by atoms with Crippen LogP contribution in [0.25, 0.3) is 11.4 Å². The van der Waals surface area contributed by atoms with E-state index in [9.17, 15) is 4.79 Å². The molecule has 0 saturated heterocycles. The summed E-state index contributed by atoms with van der Waals surface area (Å²) in [5.41, 5.74) is 2.01. The molecule has 8 heteroatoms. The second-order valence-electron chi connectivity index (χ2n) is 6.51. The Bertz CT molecular complexity index is 919. The molecule has 1 amide bonds. The van der Waals surface area contributed by atoms with Crippen molar-refractivity contribution in [3.05, 3.63) is 51.7 Å². The van der Waals surface area contributed by atoms with Crippen LogP contribution in [0.1, 0.15) is 26.2 Å². The van der Waals surface area contributed by atoms with Gasteiger partial charge in [-0.1, -0.05) is 30.3 Å². The fraction of sp³-hybridized carbons (Fsp3) is 0.333. The van der Waals surface area contributed by atoms with Gasteiger partial charge >= 0.3 is 0 Å².